The molecule has 1 atom stereocenters. The van der Waals surface area contributed by atoms with E-state index >= 15 is 0 Å². The highest BCUT2D eigenvalue weighted by atomic mass is 32.2. The van der Waals surface area contributed by atoms with Gasteiger partial charge in [-0.1, -0.05) is 41.6 Å². The first kappa shape index (κ1) is 28.5. The van der Waals surface area contributed by atoms with Gasteiger partial charge in [0.15, 0.2) is 5.17 Å². The number of ether oxygens (including phenoxy) is 1. The normalized spacial score (nSPS) is 19.7. The number of amidine groups is 1. The third kappa shape index (κ3) is 6.80. The SMILES string of the molecule is CC1(NS(=O)(=O)c2ccc(F)cc2)C=CC=C(CSC2=NCOCC(C#N)=C(c3ccc(-c4cccs4)s3)N2)C1. The molecule has 0 radical (unpaired) electrons. The number of benzene rings is 1. The molecule has 1 aliphatic carbocycles. The maximum Gasteiger partial charge on any atom is 0.241 e. The highest BCUT2D eigenvalue weighted by Gasteiger charge is 2.31. The zero-order chi connectivity index (χ0) is 28.2. The Labute approximate surface area is 244 Å². The largest absolute Gasteiger partial charge is 0.354 e. The highest BCUT2D eigenvalue weighted by Crippen LogP contribution is 2.35. The monoisotopic (exact) mass is 612 g/mol. The van der Waals surface area contributed by atoms with Crippen LogP contribution in [0.3, 0.4) is 0 Å². The van der Waals surface area contributed by atoms with Crippen molar-refractivity contribution < 1.29 is 17.5 Å². The number of sulfonamides is 1. The van der Waals surface area contributed by atoms with E-state index in [-0.39, 0.29) is 18.2 Å². The van der Waals surface area contributed by atoms with Crippen LogP contribution in [0.1, 0.15) is 18.2 Å². The summed E-state index contributed by atoms with van der Waals surface area (Å²) in [5.74, 6) is 0.0485. The zero-order valence-electron chi connectivity index (χ0n) is 21.4. The fourth-order valence-electron chi connectivity index (χ4n) is 4.25. The van der Waals surface area contributed by atoms with Crippen molar-refractivity contribution in [3.63, 3.8) is 0 Å². The quantitative estimate of drug-likeness (QED) is 0.332. The Morgan fingerprint density at radius 1 is 1.20 bits per heavy atom. The summed E-state index contributed by atoms with van der Waals surface area (Å²) in [6.45, 7) is 2.09. The molecule has 0 spiro atoms. The van der Waals surface area contributed by atoms with Gasteiger partial charge < -0.3 is 10.1 Å². The molecule has 1 unspecified atom stereocenters. The van der Waals surface area contributed by atoms with Gasteiger partial charge in [-0.25, -0.2) is 22.5 Å². The van der Waals surface area contributed by atoms with Gasteiger partial charge in [0.05, 0.1) is 39.3 Å². The van der Waals surface area contributed by atoms with E-state index in [1.165, 1.54) is 23.9 Å². The van der Waals surface area contributed by atoms with Crippen LogP contribution in [0.15, 0.2) is 93.2 Å². The van der Waals surface area contributed by atoms with E-state index in [4.69, 9.17) is 4.74 Å². The van der Waals surface area contributed by atoms with Gasteiger partial charge in [-0.3, -0.25) is 0 Å². The minimum absolute atomic E-state index is 0.00510. The lowest BCUT2D eigenvalue weighted by Gasteiger charge is -2.30. The first-order valence-corrected chi connectivity index (χ1v) is 16.4. The molecule has 2 aromatic heterocycles. The lowest BCUT2D eigenvalue weighted by Crippen LogP contribution is -2.45. The topological polar surface area (TPSA) is 104 Å². The van der Waals surface area contributed by atoms with Crippen molar-refractivity contribution in [3.8, 4) is 15.8 Å². The second kappa shape index (κ2) is 12.2. The molecule has 2 N–H and O–H groups in total. The van der Waals surface area contributed by atoms with Crippen LogP contribution in [-0.2, 0) is 14.8 Å². The zero-order valence-corrected chi connectivity index (χ0v) is 24.7. The fourth-order valence-corrected chi connectivity index (χ4v) is 8.32. The summed E-state index contributed by atoms with van der Waals surface area (Å²) in [6, 6.07) is 15.1. The number of rotatable bonds is 7. The molecule has 40 heavy (non-hydrogen) atoms. The van der Waals surface area contributed by atoms with E-state index in [2.05, 4.69) is 27.2 Å². The number of nitrogens with one attached hydrogen (secondary N) is 2. The second-order valence-corrected chi connectivity index (χ2v) is 14.0. The lowest BCUT2D eigenvalue weighted by molar-refractivity contribution is 0.167. The number of thioether (sulfide) groups is 1. The molecule has 3 aromatic rings. The van der Waals surface area contributed by atoms with E-state index in [0.29, 0.717) is 28.6 Å². The van der Waals surface area contributed by atoms with Crippen molar-refractivity contribution in [2.45, 2.75) is 23.8 Å². The Morgan fingerprint density at radius 2 is 2.00 bits per heavy atom. The van der Waals surface area contributed by atoms with E-state index in [1.807, 2.05) is 48.7 Å². The third-order valence-corrected chi connectivity index (χ3v) is 10.9. The molecule has 0 saturated carbocycles. The molecule has 12 heteroatoms. The van der Waals surface area contributed by atoms with Crippen molar-refractivity contribution >= 4 is 55.3 Å². The van der Waals surface area contributed by atoms with E-state index in [0.717, 1.165) is 32.3 Å². The molecule has 0 amide bonds. The maximum atomic E-state index is 13.3. The van der Waals surface area contributed by atoms with Crippen LogP contribution in [-0.4, -0.2) is 38.2 Å². The molecule has 206 valence electrons. The van der Waals surface area contributed by atoms with Gasteiger partial charge in [0.2, 0.25) is 10.0 Å². The van der Waals surface area contributed by atoms with Crippen molar-refractivity contribution in [2.24, 2.45) is 4.99 Å². The van der Waals surface area contributed by atoms with E-state index in [9.17, 15) is 18.1 Å². The van der Waals surface area contributed by atoms with Gasteiger partial charge in [-0.15, -0.1) is 22.7 Å². The molecule has 0 saturated heterocycles. The van der Waals surface area contributed by atoms with Crippen LogP contribution in [0.2, 0.25) is 0 Å². The van der Waals surface area contributed by atoms with Crippen LogP contribution in [0, 0.1) is 17.1 Å². The van der Waals surface area contributed by atoms with Gasteiger partial charge >= 0.3 is 0 Å². The number of allylic oxidation sites excluding steroid dienone is 2. The van der Waals surface area contributed by atoms with Gasteiger partial charge in [-0.05, 0) is 61.2 Å². The van der Waals surface area contributed by atoms with Crippen LogP contribution >= 0.6 is 34.4 Å². The minimum atomic E-state index is -3.85. The molecule has 5 rings (SSSR count). The van der Waals surface area contributed by atoms with Crippen molar-refractivity contribution in [3.05, 3.63) is 94.0 Å². The first-order chi connectivity index (χ1) is 19.2. The predicted octanol–water partition coefficient (Wildman–Crippen LogP) is 6.14. The molecule has 0 bridgehead atoms. The Morgan fingerprint density at radius 3 is 2.75 bits per heavy atom. The molecular weight excluding hydrogens is 588 g/mol. The minimum Gasteiger partial charge on any atom is -0.354 e. The summed E-state index contributed by atoms with van der Waals surface area (Å²) in [4.78, 5) is 7.74. The average molecular weight is 613 g/mol. The number of nitriles is 1. The van der Waals surface area contributed by atoms with Gasteiger partial charge in [0, 0.05) is 15.5 Å². The molecular formula is C28H25FN4O3S4. The standard InChI is InChI=1S/C28H25FN4O3S4/c1-28(33-40(34,35)22-8-6-21(29)7-9-22)12-2-4-19(14-28)17-38-27-31-18-36-16-20(15-30)26(32-27)25-11-10-24(39-25)23-5-3-13-37-23/h2-13,33H,14,16-18H2,1H3,(H,31,32). The molecule has 1 aromatic carbocycles. The Bertz CT molecular complexity index is 1650. The summed E-state index contributed by atoms with van der Waals surface area (Å²) < 4.78 is 47.6. The second-order valence-electron chi connectivity index (χ2n) is 9.30. The van der Waals surface area contributed by atoms with Crippen LogP contribution in [0.5, 0.6) is 0 Å². The van der Waals surface area contributed by atoms with Gasteiger partial charge in [0.1, 0.15) is 12.5 Å². The molecule has 0 fully saturated rings. The molecule has 3 heterocycles. The number of hydrogen-bond acceptors (Lipinski definition) is 9. The molecule has 7 nitrogen and oxygen atoms in total. The highest BCUT2D eigenvalue weighted by molar-refractivity contribution is 8.14. The summed E-state index contributed by atoms with van der Waals surface area (Å²) in [7, 11) is -3.85. The first-order valence-electron chi connectivity index (χ1n) is 12.2. The van der Waals surface area contributed by atoms with Gasteiger partial charge in [-0.2, -0.15) is 5.26 Å². The maximum absolute atomic E-state index is 13.3. The number of nitrogens with zero attached hydrogens (tertiary/aromatic N) is 2. The third-order valence-electron chi connectivity index (χ3n) is 6.11. The Kier molecular flexibility index (Phi) is 8.70. The van der Waals surface area contributed by atoms with Crippen molar-refractivity contribution in [1.82, 2.24) is 10.0 Å². The number of aliphatic imine (C=N–C) groups is 1. The fraction of sp³-hybridized carbons (Fsp3) is 0.214. The van der Waals surface area contributed by atoms with E-state index < -0.39 is 21.4 Å². The predicted molar refractivity (Wildman–Crippen MR) is 161 cm³/mol. The van der Waals surface area contributed by atoms with E-state index in [1.54, 1.807) is 22.7 Å². The van der Waals surface area contributed by atoms with Crippen molar-refractivity contribution in [2.75, 3.05) is 19.1 Å². The summed E-state index contributed by atoms with van der Waals surface area (Å²) >= 11 is 4.72. The van der Waals surface area contributed by atoms with Gasteiger partial charge in [0.25, 0.3) is 0 Å². The number of halogens is 1. The average Bonchev–Trinajstić information content (AvgIpc) is 3.61. The van der Waals surface area contributed by atoms with Crippen molar-refractivity contribution in [1.29, 1.82) is 5.26 Å². The van der Waals surface area contributed by atoms with Crippen LogP contribution in [0.25, 0.3) is 15.5 Å². The summed E-state index contributed by atoms with van der Waals surface area (Å²) in [5.41, 5.74) is 1.32. The number of hydrogen-bond donors (Lipinski definition) is 2. The summed E-state index contributed by atoms with van der Waals surface area (Å²) in [6.07, 6.45) is 6.05. The van der Waals surface area contributed by atoms with Crippen LogP contribution < -0.4 is 10.0 Å². The molecule has 1 aliphatic heterocycles. The number of thiophene rings is 2. The smallest absolute Gasteiger partial charge is 0.241 e. The Hall–Kier alpha value is -3.05. The Balaban J connectivity index is 1.27. The lowest BCUT2D eigenvalue weighted by atomic mass is 9.90. The molecule has 2 aliphatic rings. The summed E-state index contributed by atoms with van der Waals surface area (Å²) in [5, 5.41) is 15.9. The van der Waals surface area contributed by atoms with Crippen LogP contribution in [0.4, 0.5) is 4.39 Å².